The van der Waals surface area contributed by atoms with E-state index in [-0.39, 0.29) is 5.41 Å². The van der Waals surface area contributed by atoms with E-state index in [1.165, 1.54) is 0 Å². The third-order valence-corrected chi connectivity index (χ3v) is 2.77. The molecule has 0 amide bonds. The zero-order chi connectivity index (χ0) is 12.3. The van der Waals surface area contributed by atoms with E-state index >= 15 is 0 Å². The van der Waals surface area contributed by atoms with Crippen LogP contribution in [0.2, 0.25) is 0 Å². The number of benzene rings is 1. The second kappa shape index (κ2) is 5.15. The first-order chi connectivity index (χ1) is 7.29. The highest BCUT2D eigenvalue weighted by atomic mass is 79.9. The molecular weight excluding hydrogens is 284 g/mol. The highest BCUT2D eigenvalue weighted by Crippen LogP contribution is 2.23. The summed E-state index contributed by atoms with van der Waals surface area (Å²) in [7, 11) is 0. The third kappa shape index (κ3) is 4.10. The van der Waals surface area contributed by atoms with E-state index in [1.807, 2.05) is 18.2 Å². The highest BCUT2D eigenvalue weighted by Gasteiger charge is 2.12. The van der Waals surface area contributed by atoms with Gasteiger partial charge in [0.1, 0.15) is 4.99 Å². The number of hydrogen-bond acceptors (Lipinski definition) is 2. The molecule has 0 aliphatic heterocycles. The quantitative estimate of drug-likeness (QED) is 0.839. The molecular formula is C12H17BrN2S. The molecule has 1 aromatic rings. The minimum atomic E-state index is 0.223. The first kappa shape index (κ1) is 13.5. The maximum atomic E-state index is 5.69. The Labute approximate surface area is 111 Å². The van der Waals surface area contributed by atoms with Crippen molar-refractivity contribution in [3.63, 3.8) is 0 Å². The molecule has 0 aliphatic carbocycles. The molecule has 16 heavy (non-hydrogen) atoms. The van der Waals surface area contributed by atoms with Gasteiger partial charge in [-0.2, -0.15) is 0 Å². The van der Waals surface area contributed by atoms with Crippen LogP contribution in [0.25, 0.3) is 0 Å². The Hall–Kier alpha value is -0.610. The van der Waals surface area contributed by atoms with Crippen LogP contribution in [0.15, 0.2) is 22.7 Å². The summed E-state index contributed by atoms with van der Waals surface area (Å²) in [4.78, 5) is 0.415. The van der Waals surface area contributed by atoms with Crippen molar-refractivity contribution in [1.29, 1.82) is 0 Å². The molecule has 2 nitrogen and oxygen atoms in total. The molecule has 4 heteroatoms. The van der Waals surface area contributed by atoms with Gasteiger partial charge in [-0.05, 0) is 23.6 Å². The molecule has 0 spiro atoms. The number of thiocarbonyl (C=S) groups is 1. The van der Waals surface area contributed by atoms with E-state index in [2.05, 4.69) is 42.0 Å². The largest absolute Gasteiger partial charge is 0.389 e. The molecule has 0 aromatic heterocycles. The van der Waals surface area contributed by atoms with Crippen LogP contribution < -0.4 is 11.1 Å². The van der Waals surface area contributed by atoms with E-state index in [4.69, 9.17) is 18.0 Å². The number of rotatable bonds is 3. The summed E-state index contributed by atoms with van der Waals surface area (Å²) < 4.78 is 0.983. The zero-order valence-corrected chi connectivity index (χ0v) is 12.2. The lowest BCUT2D eigenvalue weighted by molar-refractivity contribution is 0.443. The van der Waals surface area contributed by atoms with Gasteiger partial charge in [-0.1, -0.05) is 48.9 Å². The molecule has 0 saturated heterocycles. The maximum absolute atomic E-state index is 5.69. The number of nitrogens with one attached hydrogen (secondary N) is 1. The fraction of sp³-hybridized carbons (Fsp3) is 0.417. The molecule has 0 unspecified atom stereocenters. The smallest absolute Gasteiger partial charge is 0.106 e. The summed E-state index contributed by atoms with van der Waals surface area (Å²) in [6, 6.07) is 5.91. The molecule has 0 saturated carbocycles. The SMILES string of the molecule is CC(C)(C)CNc1ccc(Br)cc1C(N)=S. The van der Waals surface area contributed by atoms with E-state index in [1.54, 1.807) is 0 Å². The van der Waals surface area contributed by atoms with Gasteiger partial charge in [0.25, 0.3) is 0 Å². The standard InChI is InChI=1S/C12H17BrN2S/c1-12(2,3)7-15-10-5-4-8(13)6-9(10)11(14)16/h4-6,15H,7H2,1-3H3,(H2,14,16). The molecule has 1 rings (SSSR count). The Morgan fingerprint density at radius 2 is 2.06 bits per heavy atom. The lowest BCUT2D eigenvalue weighted by atomic mass is 9.96. The molecule has 0 aliphatic rings. The van der Waals surface area contributed by atoms with Crippen LogP contribution in [-0.4, -0.2) is 11.5 Å². The van der Waals surface area contributed by atoms with Crippen molar-refractivity contribution in [2.75, 3.05) is 11.9 Å². The normalized spacial score (nSPS) is 11.2. The van der Waals surface area contributed by atoms with Crippen LogP contribution in [-0.2, 0) is 0 Å². The molecule has 0 bridgehead atoms. The van der Waals surface area contributed by atoms with Crippen LogP contribution in [0.4, 0.5) is 5.69 Å². The first-order valence-corrected chi connectivity index (χ1v) is 6.33. The van der Waals surface area contributed by atoms with E-state index in [0.717, 1.165) is 22.3 Å². The highest BCUT2D eigenvalue weighted by molar-refractivity contribution is 9.10. The van der Waals surface area contributed by atoms with Crippen molar-refractivity contribution >= 4 is 38.8 Å². The predicted molar refractivity (Wildman–Crippen MR) is 78.0 cm³/mol. The zero-order valence-electron chi connectivity index (χ0n) is 9.80. The second-order valence-corrected chi connectivity index (χ2v) is 6.32. The van der Waals surface area contributed by atoms with Crippen molar-refractivity contribution in [2.24, 2.45) is 11.1 Å². The van der Waals surface area contributed by atoms with Gasteiger partial charge in [0.15, 0.2) is 0 Å². The summed E-state index contributed by atoms with van der Waals surface area (Å²) in [5.74, 6) is 0. The lowest BCUT2D eigenvalue weighted by Gasteiger charge is -2.21. The molecule has 1 aromatic carbocycles. The van der Waals surface area contributed by atoms with Crippen molar-refractivity contribution in [1.82, 2.24) is 0 Å². The van der Waals surface area contributed by atoms with Crippen LogP contribution in [0.5, 0.6) is 0 Å². The third-order valence-electron chi connectivity index (χ3n) is 2.06. The Balaban J connectivity index is 2.91. The van der Waals surface area contributed by atoms with Gasteiger partial charge in [0.2, 0.25) is 0 Å². The lowest BCUT2D eigenvalue weighted by Crippen LogP contribution is -2.21. The first-order valence-electron chi connectivity index (χ1n) is 5.13. The second-order valence-electron chi connectivity index (χ2n) is 4.97. The summed E-state index contributed by atoms with van der Waals surface area (Å²) in [5.41, 5.74) is 7.79. The Bertz CT molecular complexity index is 396. The van der Waals surface area contributed by atoms with E-state index < -0.39 is 0 Å². The van der Waals surface area contributed by atoms with Crippen LogP contribution >= 0.6 is 28.1 Å². The number of hydrogen-bond donors (Lipinski definition) is 2. The Kier molecular flexibility index (Phi) is 4.33. The number of nitrogens with two attached hydrogens (primary N) is 1. The molecule has 3 N–H and O–H groups in total. The van der Waals surface area contributed by atoms with Crippen molar-refractivity contribution in [2.45, 2.75) is 20.8 Å². The minimum Gasteiger partial charge on any atom is -0.389 e. The summed E-state index contributed by atoms with van der Waals surface area (Å²) in [6.07, 6.45) is 0. The fourth-order valence-electron chi connectivity index (χ4n) is 1.23. The maximum Gasteiger partial charge on any atom is 0.106 e. The molecule has 0 radical (unpaired) electrons. The van der Waals surface area contributed by atoms with Gasteiger partial charge in [0.05, 0.1) is 0 Å². The monoisotopic (exact) mass is 300 g/mol. The van der Waals surface area contributed by atoms with Gasteiger partial charge in [-0.25, -0.2) is 0 Å². The van der Waals surface area contributed by atoms with Gasteiger partial charge in [-0.3, -0.25) is 0 Å². The van der Waals surface area contributed by atoms with Gasteiger partial charge in [-0.15, -0.1) is 0 Å². The Morgan fingerprint density at radius 3 is 2.56 bits per heavy atom. The van der Waals surface area contributed by atoms with Crippen molar-refractivity contribution in [3.8, 4) is 0 Å². The molecule has 0 heterocycles. The number of anilines is 1. The topological polar surface area (TPSA) is 38.0 Å². The predicted octanol–water partition coefficient (Wildman–Crippen LogP) is 3.54. The fourth-order valence-corrected chi connectivity index (χ4v) is 1.76. The van der Waals surface area contributed by atoms with Crippen molar-refractivity contribution < 1.29 is 0 Å². The average molecular weight is 301 g/mol. The van der Waals surface area contributed by atoms with Crippen LogP contribution in [0, 0.1) is 5.41 Å². The Morgan fingerprint density at radius 1 is 1.44 bits per heavy atom. The minimum absolute atomic E-state index is 0.223. The summed E-state index contributed by atoms with van der Waals surface area (Å²) >= 11 is 8.45. The van der Waals surface area contributed by atoms with Crippen LogP contribution in [0.1, 0.15) is 26.3 Å². The van der Waals surface area contributed by atoms with Crippen LogP contribution in [0.3, 0.4) is 0 Å². The van der Waals surface area contributed by atoms with Gasteiger partial charge in [0, 0.05) is 22.3 Å². The molecule has 88 valence electrons. The average Bonchev–Trinajstić information content (AvgIpc) is 2.14. The van der Waals surface area contributed by atoms with Gasteiger partial charge >= 0.3 is 0 Å². The van der Waals surface area contributed by atoms with Gasteiger partial charge < -0.3 is 11.1 Å². The summed E-state index contributed by atoms with van der Waals surface area (Å²) in [6.45, 7) is 7.42. The molecule has 0 atom stereocenters. The van der Waals surface area contributed by atoms with E-state index in [9.17, 15) is 0 Å². The van der Waals surface area contributed by atoms with Crippen molar-refractivity contribution in [3.05, 3.63) is 28.2 Å². The van der Waals surface area contributed by atoms with E-state index in [0.29, 0.717) is 4.99 Å². The summed E-state index contributed by atoms with van der Waals surface area (Å²) in [5, 5.41) is 3.37. The molecule has 0 fully saturated rings. The number of halogens is 1.